The van der Waals surface area contributed by atoms with E-state index in [1.165, 1.54) is 6.07 Å². The second-order valence-electron chi connectivity index (χ2n) is 4.49. The quantitative estimate of drug-likeness (QED) is 0.860. The van der Waals surface area contributed by atoms with E-state index in [1.54, 1.807) is 6.07 Å². The molecule has 0 radical (unpaired) electrons. The minimum atomic E-state index is -3.46. The zero-order valence-corrected chi connectivity index (χ0v) is 12.9. The number of nitrogens with one attached hydrogen (secondary N) is 1. The Bertz CT molecular complexity index is 501. The van der Waals surface area contributed by atoms with Crippen molar-refractivity contribution in [2.45, 2.75) is 35.9 Å². The van der Waals surface area contributed by atoms with E-state index in [0.29, 0.717) is 10.2 Å². The number of alkyl halides is 1. The molecule has 3 nitrogen and oxygen atoms in total. The Hall–Kier alpha value is 0.190. The number of halogens is 2. The molecule has 18 heavy (non-hydrogen) atoms. The predicted octanol–water partition coefficient (Wildman–Crippen LogP) is 3.48. The summed E-state index contributed by atoms with van der Waals surface area (Å²) in [6.07, 6.45) is 4.02. The van der Waals surface area contributed by atoms with Gasteiger partial charge in [-0.15, -0.1) is 22.9 Å². The van der Waals surface area contributed by atoms with Gasteiger partial charge in [-0.1, -0.05) is 24.4 Å². The summed E-state index contributed by atoms with van der Waals surface area (Å²) in [5.41, 5.74) is 0. The summed E-state index contributed by atoms with van der Waals surface area (Å²) in [5.74, 6) is 0.726. The van der Waals surface area contributed by atoms with Crippen LogP contribution in [0.3, 0.4) is 0 Å². The highest BCUT2D eigenvalue weighted by molar-refractivity contribution is 7.91. The predicted molar refractivity (Wildman–Crippen MR) is 76.1 cm³/mol. The monoisotopic (exact) mass is 327 g/mol. The van der Waals surface area contributed by atoms with Crippen molar-refractivity contribution in [1.29, 1.82) is 0 Å². The van der Waals surface area contributed by atoms with E-state index < -0.39 is 10.0 Å². The van der Waals surface area contributed by atoms with Gasteiger partial charge in [-0.2, -0.15) is 0 Å². The first-order chi connectivity index (χ1) is 8.53. The summed E-state index contributed by atoms with van der Waals surface area (Å²) in [4.78, 5) is 0. The normalized spacial score (nSPS) is 25.2. The van der Waals surface area contributed by atoms with E-state index in [0.717, 1.165) is 37.0 Å². The van der Waals surface area contributed by atoms with Gasteiger partial charge in [-0.25, -0.2) is 13.1 Å². The third kappa shape index (κ3) is 3.39. The Morgan fingerprint density at radius 2 is 2.06 bits per heavy atom. The van der Waals surface area contributed by atoms with Crippen LogP contribution in [-0.4, -0.2) is 20.3 Å². The molecule has 1 aromatic rings. The Morgan fingerprint density at radius 1 is 1.33 bits per heavy atom. The molecule has 1 aliphatic carbocycles. The number of rotatable bonds is 4. The molecule has 1 aromatic heterocycles. The summed E-state index contributed by atoms with van der Waals surface area (Å²) in [7, 11) is -3.46. The van der Waals surface area contributed by atoms with E-state index in [9.17, 15) is 8.42 Å². The van der Waals surface area contributed by atoms with E-state index in [1.807, 2.05) is 0 Å². The lowest BCUT2D eigenvalue weighted by Crippen LogP contribution is -2.42. The Balaban J connectivity index is 2.12. The van der Waals surface area contributed by atoms with Crippen LogP contribution in [0.4, 0.5) is 0 Å². The summed E-state index contributed by atoms with van der Waals surface area (Å²) < 4.78 is 27.9. The van der Waals surface area contributed by atoms with Crippen molar-refractivity contribution in [3.8, 4) is 0 Å². The lowest BCUT2D eigenvalue weighted by Gasteiger charge is -2.30. The van der Waals surface area contributed by atoms with Crippen molar-refractivity contribution < 1.29 is 8.42 Å². The van der Waals surface area contributed by atoms with Crippen LogP contribution in [0, 0.1) is 5.92 Å². The fourth-order valence-electron chi connectivity index (χ4n) is 2.25. The Kier molecular flexibility index (Phi) is 4.94. The molecule has 0 spiro atoms. The Morgan fingerprint density at radius 3 is 2.67 bits per heavy atom. The largest absolute Gasteiger partial charge is 0.250 e. The molecule has 2 atom stereocenters. The van der Waals surface area contributed by atoms with Gasteiger partial charge in [0.25, 0.3) is 0 Å². The van der Waals surface area contributed by atoms with Crippen LogP contribution >= 0.6 is 34.5 Å². The fourth-order valence-corrected chi connectivity index (χ4v) is 5.46. The highest BCUT2D eigenvalue weighted by Gasteiger charge is 2.29. The van der Waals surface area contributed by atoms with Crippen LogP contribution in [0.25, 0.3) is 0 Å². The van der Waals surface area contributed by atoms with Gasteiger partial charge in [-0.05, 0) is 30.9 Å². The molecule has 0 aliphatic heterocycles. The van der Waals surface area contributed by atoms with Crippen LogP contribution in [0.1, 0.15) is 25.7 Å². The van der Waals surface area contributed by atoms with Crippen molar-refractivity contribution in [1.82, 2.24) is 4.72 Å². The highest BCUT2D eigenvalue weighted by Crippen LogP contribution is 2.29. The molecule has 1 aliphatic rings. The van der Waals surface area contributed by atoms with Gasteiger partial charge < -0.3 is 0 Å². The molecule has 1 N–H and O–H groups in total. The smallest absolute Gasteiger partial charge is 0.207 e. The van der Waals surface area contributed by atoms with Crippen molar-refractivity contribution in [2.75, 3.05) is 5.88 Å². The summed E-state index contributed by atoms with van der Waals surface area (Å²) in [6.45, 7) is 0. The van der Waals surface area contributed by atoms with Gasteiger partial charge in [0.1, 0.15) is 4.21 Å². The van der Waals surface area contributed by atoms with Crippen LogP contribution < -0.4 is 4.72 Å². The van der Waals surface area contributed by atoms with E-state index in [2.05, 4.69) is 4.72 Å². The SMILES string of the molecule is O=S(=O)(NC1CCCCC1CCl)c1ccc(Cl)s1. The number of thiophene rings is 1. The average molecular weight is 328 g/mol. The molecule has 0 saturated heterocycles. The second kappa shape index (κ2) is 6.09. The third-order valence-corrected chi connectivity index (χ3v) is 6.84. The van der Waals surface area contributed by atoms with Crippen molar-refractivity contribution in [3.05, 3.63) is 16.5 Å². The molecule has 2 rings (SSSR count). The highest BCUT2D eigenvalue weighted by atomic mass is 35.5. The molecular weight excluding hydrogens is 313 g/mol. The van der Waals surface area contributed by atoms with Crippen molar-refractivity contribution in [2.24, 2.45) is 5.92 Å². The maximum atomic E-state index is 12.2. The molecule has 0 aromatic carbocycles. The van der Waals surface area contributed by atoms with Gasteiger partial charge in [-0.3, -0.25) is 0 Å². The topological polar surface area (TPSA) is 46.2 Å². The Labute approximate surface area is 122 Å². The number of hydrogen-bond donors (Lipinski definition) is 1. The zero-order chi connectivity index (χ0) is 13.2. The molecule has 1 heterocycles. The minimum Gasteiger partial charge on any atom is -0.207 e. The molecule has 7 heteroatoms. The lowest BCUT2D eigenvalue weighted by molar-refractivity contribution is 0.314. The minimum absolute atomic E-state index is 0.0536. The third-order valence-electron chi connectivity index (χ3n) is 3.23. The van der Waals surface area contributed by atoms with Crippen LogP contribution in [0.2, 0.25) is 4.34 Å². The molecule has 2 unspecified atom stereocenters. The maximum absolute atomic E-state index is 12.2. The van der Waals surface area contributed by atoms with E-state index in [4.69, 9.17) is 23.2 Å². The van der Waals surface area contributed by atoms with E-state index >= 15 is 0 Å². The summed E-state index contributed by atoms with van der Waals surface area (Å²) in [5, 5.41) is 0. The molecule has 0 bridgehead atoms. The lowest BCUT2D eigenvalue weighted by atomic mass is 9.86. The molecule has 0 amide bonds. The molecule has 1 saturated carbocycles. The number of sulfonamides is 1. The summed E-state index contributed by atoms with van der Waals surface area (Å²) in [6, 6.07) is 3.08. The van der Waals surface area contributed by atoms with Crippen LogP contribution in [-0.2, 0) is 10.0 Å². The molecule has 1 fully saturated rings. The van der Waals surface area contributed by atoms with Crippen LogP contribution in [0.15, 0.2) is 16.3 Å². The first-order valence-corrected chi connectivity index (χ1v) is 9.08. The second-order valence-corrected chi connectivity index (χ2v) is 8.45. The maximum Gasteiger partial charge on any atom is 0.250 e. The fraction of sp³-hybridized carbons (Fsp3) is 0.636. The first-order valence-electron chi connectivity index (χ1n) is 5.86. The van der Waals surface area contributed by atoms with Crippen LogP contribution in [0.5, 0.6) is 0 Å². The van der Waals surface area contributed by atoms with Gasteiger partial charge in [0.15, 0.2) is 0 Å². The van der Waals surface area contributed by atoms with Gasteiger partial charge in [0.2, 0.25) is 10.0 Å². The average Bonchev–Trinajstić information content (AvgIpc) is 2.77. The van der Waals surface area contributed by atoms with Gasteiger partial charge in [0, 0.05) is 11.9 Å². The first kappa shape index (κ1) is 14.6. The zero-order valence-electron chi connectivity index (χ0n) is 9.73. The standard InChI is InChI=1S/C11H15Cl2NO2S2/c12-7-8-3-1-2-4-9(8)14-18(15,16)11-6-5-10(13)17-11/h5-6,8-9,14H,1-4,7H2. The molecule has 102 valence electrons. The van der Waals surface area contributed by atoms with Crippen molar-refractivity contribution in [3.63, 3.8) is 0 Å². The van der Waals surface area contributed by atoms with E-state index in [-0.39, 0.29) is 16.2 Å². The number of hydrogen-bond acceptors (Lipinski definition) is 3. The molecular formula is C11H15Cl2NO2S2. The van der Waals surface area contributed by atoms with Gasteiger partial charge >= 0.3 is 0 Å². The summed E-state index contributed by atoms with van der Waals surface area (Å²) >= 11 is 12.7. The van der Waals surface area contributed by atoms with Crippen molar-refractivity contribution >= 4 is 44.6 Å². The van der Waals surface area contributed by atoms with Gasteiger partial charge in [0.05, 0.1) is 4.34 Å².